The molecule has 2 rings (SSSR count). The van der Waals surface area contributed by atoms with Gasteiger partial charge in [-0.3, -0.25) is 4.79 Å². The van der Waals surface area contributed by atoms with Crippen molar-refractivity contribution in [3.63, 3.8) is 0 Å². The zero-order valence-electron chi connectivity index (χ0n) is 8.60. The third kappa shape index (κ3) is 1.76. The van der Waals surface area contributed by atoms with Crippen LogP contribution in [-0.4, -0.2) is 11.6 Å². The maximum absolute atomic E-state index is 11.6. The van der Waals surface area contributed by atoms with E-state index in [0.29, 0.717) is 13.0 Å². The first kappa shape index (κ1) is 9.86. The van der Waals surface area contributed by atoms with Gasteiger partial charge in [0.1, 0.15) is 0 Å². The highest BCUT2D eigenvalue weighted by Crippen LogP contribution is 2.24. The predicted octanol–water partition coefficient (Wildman–Crippen LogP) is 1.26. The van der Waals surface area contributed by atoms with Gasteiger partial charge in [-0.15, -0.1) is 0 Å². The van der Waals surface area contributed by atoms with E-state index in [-0.39, 0.29) is 5.91 Å². The van der Waals surface area contributed by atoms with Gasteiger partial charge in [-0.05, 0) is 18.6 Å². The summed E-state index contributed by atoms with van der Waals surface area (Å²) in [5, 5.41) is 5.64. The van der Waals surface area contributed by atoms with Crippen molar-refractivity contribution in [2.24, 2.45) is 10.8 Å². The molecular weight excluding hydrogens is 190 g/mol. The Morgan fingerprint density at radius 2 is 2.20 bits per heavy atom. The molecule has 78 valence electrons. The molecule has 0 fully saturated rings. The third-order valence-electron chi connectivity index (χ3n) is 2.35. The summed E-state index contributed by atoms with van der Waals surface area (Å²) < 4.78 is 0. The highest BCUT2D eigenvalue weighted by Gasteiger charge is 2.23. The van der Waals surface area contributed by atoms with Crippen molar-refractivity contribution in [3.8, 4) is 0 Å². The lowest BCUT2D eigenvalue weighted by Crippen LogP contribution is -2.21. The molecule has 0 unspecified atom stereocenters. The monoisotopic (exact) mass is 203 g/mol. The van der Waals surface area contributed by atoms with E-state index in [2.05, 4.69) is 5.10 Å². The summed E-state index contributed by atoms with van der Waals surface area (Å²) in [5.74, 6) is 0.00778. The van der Waals surface area contributed by atoms with Crippen LogP contribution in [0.4, 0.5) is 5.69 Å². The topological polar surface area (TPSA) is 58.7 Å². The molecule has 0 aliphatic carbocycles. The van der Waals surface area contributed by atoms with Crippen LogP contribution in [0.15, 0.2) is 29.4 Å². The molecule has 0 bridgehead atoms. The normalized spacial score (nSPS) is 15.7. The summed E-state index contributed by atoms with van der Waals surface area (Å²) in [4.78, 5) is 11.6. The van der Waals surface area contributed by atoms with E-state index in [0.717, 1.165) is 17.0 Å². The van der Waals surface area contributed by atoms with E-state index < -0.39 is 0 Å². The Balaban J connectivity index is 2.41. The minimum Gasteiger partial charge on any atom is -0.326 e. The maximum atomic E-state index is 11.6. The molecule has 4 nitrogen and oxygen atoms in total. The van der Waals surface area contributed by atoms with Crippen LogP contribution in [0, 0.1) is 0 Å². The van der Waals surface area contributed by atoms with Gasteiger partial charge in [-0.25, -0.2) is 5.01 Å². The molecule has 0 aromatic heterocycles. The van der Waals surface area contributed by atoms with Crippen molar-refractivity contribution in [2.75, 3.05) is 5.01 Å². The standard InChI is InChI=1S/C11H13N3O/c1-8-6-11(15)14(13-8)10-5-3-2-4-9(10)7-12/h2-5H,6-7,12H2,1H3. The highest BCUT2D eigenvalue weighted by molar-refractivity contribution is 6.12. The number of rotatable bonds is 2. The second-order valence-corrected chi connectivity index (χ2v) is 3.55. The second kappa shape index (κ2) is 3.82. The molecule has 1 heterocycles. The van der Waals surface area contributed by atoms with Crippen molar-refractivity contribution >= 4 is 17.3 Å². The Morgan fingerprint density at radius 3 is 2.80 bits per heavy atom. The van der Waals surface area contributed by atoms with Gasteiger partial charge < -0.3 is 5.73 Å². The summed E-state index contributed by atoms with van der Waals surface area (Å²) in [6, 6.07) is 7.56. The number of hydrazone groups is 1. The molecule has 4 heteroatoms. The summed E-state index contributed by atoms with van der Waals surface area (Å²) in [7, 11) is 0. The van der Waals surface area contributed by atoms with Gasteiger partial charge in [0.15, 0.2) is 0 Å². The molecular formula is C11H13N3O. The van der Waals surface area contributed by atoms with Crippen LogP contribution in [0.2, 0.25) is 0 Å². The number of carbonyl (C=O) groups is 1. The highest BCUT2D eigenvalue weighted by atomic mass is 16.2. The molecule has 1 aliphatic heterocycles. The van der Waals surface area contributed by atoms with Crippen molar-refractivity contribution in [1.29, 1.82) is 0 Å². The Morgan fingerprint density at radius 1 is 1.47 bits per heavy atom. The summed E-state index contributed by atoms with van der Waals surface area (Å²) >= 11 is 0. The van der Waals surface area contributed by atoms with Crippen molar-refractivity contribution in [3.05, 3.63) is 29.8 Å². The predicted molar refractivity (Wildman–Crippen MR) is 59.5 cm³/mol. The molecule has 0 radical (unpaired) electrons. The molecule has 2 N–H and O–H groups in total. The lowest BCUT2D eigenvalue weighted by atomic mass is 10.1. The first-order valence-corrected chi connectivity index (χ1v) is 4.87. The van der Waals surface area contributed by atoms with Gasteiger partial charge in [0.25, 0.3) is 5.91 Å². The molecule has 1 amide bonds. The zero-order valence-corrected chi connectivity index (χ0v) is 8.60. The Kier molecular flexibility index (Phi) is 2.51. The number of benzene rings is 1. The fourth-order valence-electron chi connectivity index (χ4n) is 1.63. The number of anilines is 1. The van der Waals surface area contributed by atoms with Crippen LogP contribution in [0.1, 0.15) is 18.9 Å². The average Bonchev–Trinajstić information content (AvgIpc) is 2.57. The van der Waals surface area contributed by atoms with Crippen LogP contribution in [0.25, 0.3) is 0 Å². The van der Waals surface area contributed by atoms with E-state index in [9.17, 15) is 4.79 Å². The van der Waals surface area contributed by atoms with Crippen LogP contribution >= 0.6 is 0 Å². The zero-order chi connectivity index (χ0) is 10.8. The molecule has 1 aromatic rings. The minimum atomic E-state index is 0.00778. The fraction of sp³-hybridized carbons (Fsp3) is 0.273. The van der Waals surface area contributed by atoms with Gasteiger partial charge in [-0.1, -0.05) is 18.2 Å². The van der Waals surface area contributed by atoms with E-state index in [1.54, 1.807) is 0 Å². The lowest BCUT2D eigenvalue weighted by molar-refractivity contribution is -0.116. The van der Waals surface area contributed by atoms with Crippen LogP contribution in [0.5, 0.6) is 0 Å². The summed E-state index contributed by atoms with van der Waals surface area (Å²) in [6.07, 6.45) is 0.402. The Labute approximate surface area is 88.4 Å². The smallest absolute Gasteiger partial charge is 0.253 e. The van der Waals surface area contributed by atoms with Crippen molar-refractivity contribution < 1.29 is 4.79 Å². The fourth-order valence-corrected chi connectivity index (χ4v) is 1.63. The van der Waals surface area contributed by atoms with Gasteiger partial charge in [0.2, 0.25) is 0 Å². The minimum absolute atomic E-state index is 0.00778. The Bertz CT molecular complexity index is 426. The summed E-state index contributed by atoms with van der Waals surface area (Å²) in [6.45, 7) is 2.26. The maximum Gasteiger partial charge on any atom is 0.253 e. The van der Waals surface area contributed by atoms with Crippen LogP contribution < -0.4 is 10.7 Å². The molecule has 15 heavy (non-hydrogen) atoms. The second-order valence-electron chi connectivity index (χ2n) is 3.55. The quantitative estimate of drug-likeness (QED) is 0.786. The molecule has 0 atom stereocenters. The van der Waals surface area contributed by atoms with Gasteiger partial charge in [-0.2, -0.15) is 5.10 Å². The number of nitrogens with two attached hydrogens (primary N) is 1. The van der Waals surface area contributed by atoms with Gasteiger partial charge in [0, 0.05) is 12.3 Å². The molecule has 0 saturated carbocycles. The number of para-hydroxylation sites is 1. The third-order valence-corrected chi connectivity index (χ3v) is 2.35. The van der Waals surface area contributed by atoms with E-state index in [1.807, 2.05) is 31.2 Å². The van der Waals surface area contributed by atoms with Crippen molar-refractivity contribution in [1.82, 2.24) is 0 Å². The van der Waals surface area contributed by atoms with Crippen molar-refractivity contribution in [2.45, 2.75) is 19.9 Å². The van der Waals surface area contributed by atoms with E-state index >= 15 is 0 Å². The largest absolute Gasteiger partial charge is 0.326 e. The number of carbonyl (C=O) groups excluding carboxylic acids is 1. The molecule has 0 spiro atoms. The first-order chi connectivity index (χ1) is 7.22. The van der Waals surface area contributed by atoms with Crippen LogP contribution in [-0.2, 0) is 11.3 Å². The van der Waals surface area contributed by atoms with Gasteiger partial charge >= 0.3 is 0 Å². The summed E-state index contributed by atoms with van der Waals surface area (Å²) in [5.41, 5.74) is 8.18. The number of nitrogens with zero attached hydrogens (tertiary/aromatic N) is 2. The first-order valence-electron chi connectivity index (χ1n) is 4.87. The van der Waals surface area contributed by atoms with Gasteiger partial charge in [0.05, 0.1) is 12.1 Å². The molecule has 0 saturated heterocycles. The SMILES string of the molecule is CC1=NN(c2ccccc2CN)C(=O)C1. The molecule has 1 aromatic carbocycles. The lowest BCUT2D eigenvalue weighted by Gasteiger charge is -2.15. The molecule has 1 aliphatic rings. The number of hydrogen-bond acceptors (Lipinski definition) is 3. The Hall–Kier alpha value is -1.68. The van der Waals surface area contributed by atoms with Crippen LogP contribution in [0.3, 0.4) is 0 Å². The number of hydrogen-bond donors (Lipinski definition) is 1. The van der Waals surface area contributed by atoms with E-state index in [1.165, 1.54) is 5.01 Å². The number of amides is 1. The average molecular weight is 203 g/mol. The van der Waals surface area contributed by atoms with E-state index in [4.69, 9.17) is 5.73 Å².